The predicted molar refractivity (Wildman–Crippen MR) is 147 cm³/mol. The molecule has 2 heterocycles. The minimum absolute atomic E-state index is 0.115. The van der Waals surface area contributed by atoms with Crippen molar-refractivity contribution in [2.45, 2.75) is 13.0 Å². The lowest BCUT2D eigenvalue weighted by Crippen LogP contribution is -2.29. The van der Waals surface area contributed by atoms with Crippen molar-refractivity contribution >= 4 is 51.5 Å². The van der Waals surface area contributed by atoms with E-state index in [9.17, 15) is 19.5 Å². The van der Waals surface area contributed by atoms with Crippen molar-refractivity contribution in [1.29, 1.82) is 0 Å². The number of nitrogens with zero attached hydrogens (tertiary/aromatic N) is 2. The first-order chi connectivity index (χ1) is 18.8. The van der Waals surface area contributed by atoms with E-state index in [0.717, 1.165) is 11.3 Å². The van der Waals surface area contributed by atoms with Crippen LogP contribution in [0.4, 0.5) is 5.13 Å². The third-order valence-corrected chi connectivity index (χ3v) is 7.47. The van der Waals surface area contributed by atoms with Gasteiger partial charge in [-0.1, -0.05) is 53.3 Å². The lowest BCUT2D eigenvalue weighted by molar-refractivity contribution is -0.132. The zero-order valence-corrected chi connectivity index (χ0v) is 22.3. The van der Waals surface area contributed by atoms with Crippen LogP contribution in [0.15, 0.2) is 84.4 Å². The second-order valence-electron chi connectivity index (χ2n) is 8.57. The van der Waals surface area contributed by atoms with Crippen molar-refractivity contribution < 1.29 is 29.0 Å². The number of para-hydroxylation sites is 1. The second kappa shape index (κ2) is 10.7. The zero-order valence-electron chi connectivity index (χ0n) is 20.8. The highest BCUT2D eigenvalue weighted by molar-refractivity contribution is 7.17. The summed E-state index contributed by atoms with van der Waals surface area (Å²) in [6.07, 6.45) is 0. The molecule has 5 rings (SSSR count). The average Bonchev–Trinajstić information content (AvgIpc) is 3.45. The second-order valence-corrected chi connectivity index (χ2v) is 9.98. The minimum atomic E-state index is -1.06. The van der Waals surface area contributed by atoms with E-state index in [1.807, 2.05) is 18.2 Å². The van der Waals surface area contributed by atoms with Gasteiger partial charge in [0.15, 0.2) is 5.13 Å². The molecule has 0 bridgehead atoms. The van der Waals surface area contributed by atoms with Crippen LogP contribution >= 0.6 is 22.9 Å². The summed E-state index contributed by atoms with van der Waals surface area (Å²) in [5, 5.41) is 11.9. The Balaban J connectivity index is 1.67. The Morgan fingerprint density at radius 1 is 1.00 bits per heavy atom. The molecular formula is C29H21ClN2O6S. The number of aliphatic hydroxyl groups excluding tert-OH is 1. The number of carbonyl (C=O) groups excluding carboxylic acids is 3. The fourth-order valence-electron chi connectivity index (χ4n) is 4.25. The fourth-order valence-corrected chi connectivity index (χ4v) is 5.39. The molecule has 0 spiro atoms. The summed E-state index contributed by atoms with van der Waals surface area (Å²) in [5.74, 6) is -1.70. The van der Waals surface area contributed by atoms with Gasteiger partial charge in [-0.2, -0.15) is 0 Å². The molecule has 1 saturated heterocycles. The number of carbonyl (C=O) groups is 3. The van der Waals surface area contributed by atoms with Crippen LogP contribution in [0, 0.1) is 6.92 Å². The molecular weight excluding hydrogens is 540 g/mol. The van der Waals surface area contributed by atoms with Gasteiger partial charge in [0.25, 0.3) is 5.78 Å². The molecule has 4 aromatic rings. The van der Waals surface area contributed by atoms with Crippen molar-refractivity contribution in [3.05, 3.63) is 111 Å². The number of aryl methyl sites for hydroxylation is 1. The molecule has 1 N–H and O–H groups in total. The third kappa shape index (κ3) is 5.01. The Morgan fingerprint density at radius 3 is 2.38 bits per heavy atom. The summed E-state index contributed by atoms with van der Waals surface area (Å²) in [6, 6.07) is 21.2. The first-order valence-electron chi connectivity index (χ1n) is 11.7. The van der Waals surface area contributed by atoms with E-state index in [2.05, 4.69) is 4.98 Å². The molecule has 10 heteroatoms. The first kappa shape index (κ1) is 26.1. The number of halogens is 1. The number of esters is 1. The number of benzene rings is 3. The molecule has 0 saturated carbocycles. The first-order valence-corrected chi connectivity index (χ1v) is 12.9. The topological polar surface area (TPSA) is 106 Å². The van der Waals surface area contributed by atoms with Crippen LogP contribution in [-0.4, -0.2) is 34.9 Å². The van der Waals surface area contributed by atoms with Crippen LogP contribution in [0.3, 0.4) is 0 Å². The maximum Gasteiger partial charge on any atom is 0.350 e. The van der Waals surface area contributed by atoms with Gasteiger partial charge >= 0.3 is 11.9 Å². The number of amides is 1. The van der Waals surface area contributed by atoms with E-state index in [0.29, 0.717) is 33.3 Å². The molecule has 0 radical (unpaired) electrons. The Hall–Kier alpha value is -4.47. The van der Waals surface area contributed by atoms with Gasteiger partial charge in [-0.05, 0) is 61.0 Å². The van der Waals surface area contributed by atoms with E-state index in [-0.39, 0.29) is 21.3 Å². The Labute approximate surface area is 232 Å². The van der Waals surface area contributed by atoms with E-state index in [1.165, 1.54) is 12.0 Å². The van der Waals surface area contributed by atoms with Crippen molar-refractivity contribution in [3.8, 4) is 11.5 Å². The third-order valence-electron chi connectivity index (χ3n) is 6.08. The molecule has 1 amide bonds. The van der Waals surface area contributed by atoms with Crippen LogP contribution < -0.4 is 9.64 Å². The number of methoxy groups -OCH3 is 1. The number of aliphatic hydroxyl groups is 1. The number of hydrogen-bond acceptors (Lipinski definition) is 8. The monoisotopic (exact) mass is 560 g/mol. The van der Waals surface area contributed by atoms with E-state index in [4.69, 9.17) is 21.1 Å². The molecule has 1 aliphatic heterocycles. The lowest BCUT2D eigenvalue weighted by Gasteiger charge is -2.23. The minimum Gasteiger partial charge on any atom is -0.507 e. The average molecular weight is 561 g/mol. The summed E-state index contributed by atoms with van der Waals surface area (Å²) in [5.41, 5.74) is 1.02. The number of Topliss-reactive ketones (excluding diaryl/α,β-unsaturated/α-hetero) is 1. The normalized spacial score (nSPS) is 16.4. The maximum atomic E-state index is 13.5. The standard InChI is InChI=1S/C29H21ClN2O6S/c1-16-26(28(36)37-2)39-29(31-16)32-23(18-7-6-10-21(15-18)38-20-8-4-3-5-9-20)22(25(34)27(32)35)24(33)17-11-13-19(30)14-12-17/h3-15,23,33H,1-2H3/b24-22-. The summed E-state index contributed by atoms with van der Waals surface area (Å²) < 4.78 is 10.8. The number of ether oxygens (including phenoxy) is 2. The molecule has 1 fully saturated rings. The highest BCUT2D eigenvalue weighted by atomic mass is 35.5. The Bertz CT molecular complexity index is 1610. The quantitative estimate of drug-likeness (QED) is 0.127. The molecule has 1 unspecified atom stereocenters. The molecule has 1 aromatic heterocycles. The van der Waals surface area contributed by atoms with E-state index in [1.54, 1.807) is 67.6 Å². The molecule has 39 heavy (non-hydrogen) atoms. The lowest BCUT2D eigenvalue weighted by atomic mass is 9.95. The molecule has 1 aliphatic rings. The number of hydrogen-bond donors (Lipinski definition) is 1. The van der Waals surface area contributed by atoms with Crippen LogP contribution in [0.1, 0.15) is 32.5 Å². The van der Waals surface area contributed by atoms with Crippen LogP contribution in [0.2, 0.25) is 5.02 Å². The molecule has 0 aliphatic carbocycles. The predicted octanol–water partition coefficient (Wildman–Crippen LogP) is 6.31. The van der Waals surface area contributed by atoms with Crippen molar-refractivity contribution in [3.63, 3.8) is 0 Å². The van der Waals surface area contributed by atoms with Gasteiger partial charge in [-0.15, -0.1) is 0 Å². The smallest absolute Gasteiger partial charge is 0.350 e. The van der Waals surface area contributed by atoms with Gasteiger partial charge in [-0.25, -0.2) is 9.78 Å². The van der Waals surface area contributed by atoms with Gasteiger partial charge in [0.05, 0.1) is 24.4 Å². The van der Waals surface area contributed by atoms with E-state index < -0.39 is 23.7 Å². The number of anilines is 1. The SMILES string of the molecule is COC(=O)c1sc(N2C(=O)C(=O)/C(=C(\O)c3ccc(Cl)cc3)C2c2cccc(Oc3ccccc3)c2)nc1C. The van der Waals surface area contributed by atoms with Crippen LogP contribution in [0.5, 0.6) is 11.5 Å². The highest BCUT2D eigenvalue weighted by Crippen LogP contribution is 2.44. The summed E-state index contributed by atoms with van der Waals surface area (Å²) >= 11 is 6.93. The largest absolute Gasteiger partial charge is 0.507 e. The number of ketones is 1. The number of rotatable bonds is 6. The maximum absolute atomic E-state index is 13.5. The number of thiazole rings is 1. The zero-order chi connectivity index (χ0) is 27.7. The Morgan fingerprint density at radius 2 is 1.69 bits per heavy atom. The number of aromatic nitrogens is 1. The van der Waals surface area contributed by atoms with E-state index >= 15 is 0 Å². The van der Waals surface area contributed by atoms with Crippen LogP contribution in [0.25, 0.3) is 5.76 Å². The van der Waals surface area contributed by atoms with Gasteiger partial charge < -0.3 is 14.6 Å². The highest BCUT2D eigenvalue weighted by Gasteiger charge is 2.48. The fraction of sp³-hybridized carbons (Fsp3) is 0.103. The van der Waals surface area contributed by atoms with Crippen molar-refractivity contribution in [1.82, 2.24) is 4.98 Å². The van der Waals surface area contributed by atoms with Crippen molar-refractivity contribution in [2.75, 3.05) is 12.0 Å². The summed E-state index contributed by atoms with van der Waals surface area (Å²) in [7, 11) is 1.25. The summed E-state index contributed by atoms with van der Waals surface area (Å²) in [6.45, 7) is 1.61. The van der Waals surface area contributed by atoms with Gasteiger partial charge in [0.1, 0.15) is 22.1 Å². The van der Waals surface area contributed by atoms with Gasteiger partial charge in [0.2, 0.25) is 0 Å². The van der Waals surface area contributed by atoms with Gasteiger partial charge in [-0.3, -0.25) is 14.5 Å². The van der Waals surface area contributed by atoms with Crippen LogP contribution in [-0.2, 0) is 14.3 Å². The molecule has 8 nitrogen and oxygen atoms in total. The molecule has 196 valence electrons. The molecule has 1 atom stereocenters. The Kier molecular flexibility index (Phi) is 7.19. The summed E-state index contributed by atoms with van der Waals surface area (Å²) in [4.78, 5) is 44.9. The van der Waals surface area contributed by atoms with Crippen molar-refractivity contribution in [2.24, 2.45) is 0 Å². The molecule has 3 aromatic carbocycles. The van der Waals surface area contributed by atoms with Gasteiger partial charge in [0, 0.05) is 10.6 Å².